The SMILES string of the molecule is CS[C@@]1(C(=O)O)N2C(=O)[C@@H](NC(=O)OCC(Cl)(Cl)Cl)[C@H]2SC1(C)CCc1ccccc1. The predicted octanol–water partition coefficient (Wildman–Crippen LogP) is 3.90. The summed E-state index contributed by atoms with van der Waals surface area (Å²) in [6.07, 6.45) is 1.95. The van der Waals surface area contributed by atoms with Crippen LogP contribution in [-0.2, 0) is 20.7 Å². The number of aryl methyl sites for hydroxylation is 1. The molecule has 2 heterocycles. The van der Waals surface area contributed by atoms with Crippen LogP contribution in [0.2, 0.25) is 0 Å². The number of nitrogens with one attached hydrogen (secondary N) is 1. The molecule has 2 fully saturated rings. The molecule has 0 bridgehead atoms. The second-order valence-electron chi connectivity index (χ2n) is 7.40. The maximum absolute atomic E-state index is 12.9. The molecule has 0 aromatic heterocycles. The van der Waals surface area contributed by atoms with Crippen molar-refractivity contribution in [2.75, 3.05) is 12.9 Å². The van der Waals surface area contributed by atoms with Gasteiger partial charge in [-0.2, -0.15) is 0 Å². The molecule has 0 spiro atoms. The van der Waals surface area contributed by atoms with Crippen LogP contribution >= 0.6 is 58.3 Å². The first-order valence-corrected chi connectivity index (χ1v) is 12.5. The van der Waals surface area contributed by atoms with Crippen LogP contribution < -0.4 is 5.32 Å². The van der Waals surface area contributed by atoms with Gasteiger partial charge in [0.1, 0.15) is 18.0 Å². The average molecular weight is 528 g/mol. The third-order valence-electron chi connectivity index (χ3n) is 5.44. The van der Waals surface area contributed by atoms with Gasteiger partial charge in [-0.3, -0.25) is 4.79 Å². The average Bonchev–Trinajstić information content (AvgIpc) is 2.96. The lowest BCUT2D eigenvalue weighted by atomic mass is 9.89. The Kier molecular flexibility index (Phi) is 7.23. The number of halogens is 3. The number of alkyl halides is 3. The number of ether oxygens (including phenoxy) is 1. The second-order valence-corrected chi connectivity index (χ2v) is 12.5. The molecule has 2 aliphatic heterocycles. The Morgan fingerprint density at radius 3 is 2.52 bits per heavy atom. The number of rotatable bonds is 7. The number of carbonyl (C=O) groups is 3. The highest BCUT2D eigenvalue weighted by atomic mass is 35.6. The monoisotopic (exact) mass is 526 g/mol. The van der Waals surface area contributed by atoms with Gasteiger partial charge >= 0.3 is 12.1 Å². The molecule has 0 aliphatic carbocycles. The summed E-state index contributed by atoms with van der Waals surface area (Å²) in [5.74, 6) is -1.57. The Labute approximate surface area is 203 Å². The minimum Gasteiger partial charge on any atom is -0.479 e. The Hall–Kier alpha value is -1.000. The lowest BCUT2D eigenvalue weighted by molar-refractivity contribution is -0.163. The van der Waals surface area contributed by atoms with Crippen LogP contribution in [0.3, 0.4) is 0 Å². The molecule has 2 N–H and O–H groups in total. The normalized spacial score (nSPS) is 29.8. The van der Waals surface area contributed by atoms with Crippen LogP contribution in [0.15, 0.2) is 30.3 Å². The first-order chi connectivity index (χ1) is 14.4. The molecule has 12 heteroatoms. The number of fused-ring (bicyclic) bond motifs is 1. The molecule has 1 unspecified atom stereocenters. The highest BCUT2D eigenvalue weighted by Crippen LogP contribution is 2.62. The van der Waals surface area contributed by atoms with Gasteiger partial charge in [-0.1, -0.05) is 65.1 Å². The Bertz CT molecular complexity index is 872. The number of thioether (sulfide) groups is 2. The quantitative estimate of drug-likeness (QED) is 0.410. The molecule has 1 aromatic rings. The van der Waals surface area contributed by atoms with Crippen molar-refractivity contribution in [2.45, 2.75) is 44.6 Å². The van der Waals surface area contributed by atoms with Crippen molar-refractivity contribution in [2.24, 2.45) is 0 Å². The number of β-lactam (4-membered cyclic amide) rings is 1. The topological polar surface area (TPSA) is 95.9 Å². The van der Waals surface area contributed by atoms with E-state index in [1.54, 1.807) is 6.26 Å². The number of carboxylic acid groups (broad SMARTS) is 1. The van der Waals surface area contributed by atoms with Crippen LogP contribution in [0, 0.1) is 0 Å². The third kappa shape index (κ3) is 4.57. The summed E-state index contributed by atoms with van der Waals surface area (Å²) < 4.78 is 2.27. The zero-order chi connectivity index (χ0) is 23.0. The van der Waals surface area contributed by atoms with E-state index in [0.29, 0.717) is 12.8 Å². The summed E-state index contributed by atoms with van der Waals surface area (Å²) in [4.78, 5) is 37.3. The summed E-state index contributed by atoms with van der Waals surface area (Å²) in [6.45, 7) is 1.37. The molecule has 3 rings (SSSR count). The zero-order valence-electron chi connectivity index (χ0n) is 16.6. The number of hydrogen-bond donors (Lipinski definition) is 2. The molecule has 4 atom stereocenters. The fourth-order valence-electron chi connectivity index (χ4n) is 3.96. The number of carbonyl (C=O) groups excluding carboxylic acids is 2. The van der Waals surface area contributed by atoms with Crippen LogP contribution in [0.4, 0.5) is 4.79 Å². The van der Waals surface area contributed by atoms with Crippen molar-refractivity contribution >= 4 is 76.3 Å². The first kappa shape index (κ1) is 24.6. The van der Waals surface area contributed by atoms with Gasteiger partial charge in [-0.25, -0.2) is 9.59 Å². The second kappa shape index (κ2) is 9.09. The summed E-state index contributed by atoms with van der Waals surface area (Å²) >= 11 is 19.2. The van der Waals surface area contributed by atoms with E-state index < -0.39 is 49.4 Å². The Morgan fingerprint density at radius 2 is 1.97 bits per heavy atom. The van der Waals surface area contributed by atoms with Gasteiger partial charge in [-0.05, 0) is 31.6 Å². The number of alkyl carbamates (subject to hydrolysis) is 1. The smallest absolute Gasteiger partial charge is 0.408 e. The number of aliphatic carboxylic acids is 1. The molecule has 2 amide bonds. The van der Waals surface area contributed by atoms with E-state index in [9.17, 15) is 19.5 Å². The van der Waals surface area contributed by atoms with Crippen LogP contribution in [0.1, 0.15) is 18.9 Å². The number of amides is 2. The van der Waals surface area contributed by atoms with Gasteiger partial charge in [0.2, 0.25) is 8.66 Å². The molecule has 0 radical (unpaired) electrons. The summed E-state index contributed by atoms with van der Waals surface area (Å²) in [5, 5.41) is 12.1. The number of carboxylic acids is 1. The van der Waals surface area contributed by atoms with Crippen molar-refractivity contribution in [3.63, 3.8) is 0 Å². The zero-order valence-corrected chi connectivity index (χ0v) is 20.5. The first-order valence-electron chi connectivity index (χ1n) is 9.29. The van der Waals surface area contributed by atoms with Crippen LogP contribution in [0.25, 0.3) is 0 Å². The minimum atomic E-state index is -1.78. The lowest BCUT2D eigenvalue weighted by Crippen LogP contribution is -2.74. The standard InChI is InChI=1S/C19H21Cl3N2O5S2/c1-17(9-8-11-6-4-3-5-7-11)19(30-2,15(26)27)24-13(25)12(14(24)31-17)23-16(28)29-10-18(20,21)22/h3-7,12,14H,8-10H2,1-2H3,(H,23,28)(H,26,27)/t12-,14-,17?,19-/m1/s1. The van der Waals surface area contributed by atoms with Crippen molar-refractivity contribution < 1.29 is 24.2 Å². The van der Waals surface area contributed by atoms with Gasteiger partial charge in [0.25, 0.3) is 5.91 Å². The van der Waals surface area contributed by atoms with E-state index in [2.05, 4.69) is 5.32 Å². The molecule has 0 saturated carbocycles. The van der Waals surface area contributed by atoms with Gasteiger partial charge in [0, 0.05) is 0 Å². The minimum absolute atomic E-state index is 0.482. The summed E-state index contributed by atoms with van der Waals surface area (Å²) in [6, 6.07) is 8.82. The van der Waals surface area contributed by atoms with Crippen molar-refractivity contribution in [3.8, 4) is 0 Å². The van der Waals surface area contributed by atoms with Gasteiger partial charge in [-0.15, -0.1) is 23.5 Å². The lowest BCUT2D eigenvalue weighted by Gasteiger charge is -2.49. The molecule has 31 heavy (non-hydrogen) atoms. The van der Waals surface area contributed by atoms with Crippen LogP contribution in [-0.4, -0.2) is 65.7 Å². The maximum Gasteiger partial charge on any atom is 0.408 e. The maximum atomic E-state index is 12.9. The largest absolute Gasteiger partial charge is 0.479 e. The number of nitrogens with zero attached hydrogens (tertiary/aromatic N) is 1. The van der Waals surface area contributed by atoms with E-state index in [1.165, 1.54) is 16.7 Å². The highest BCUT2D eigenvalue weighted by molar-refractivity contribution is 8.06. The van der Waals surface area contributed by atoms with E-state index in [1.807, 2.05) is 37.3 Å². The highest BCUT2D eigenvalue weighted by Gasteiger charge is 2.74. The molecule has 2 aliphatic rings. The molecule has 1 aromatic carbocycles. The van der Waals surface area contributed by atoms with E-state index in [0.717, 1.165) is 17.3 Å². The molecule has 170 valence electrons. The van der Waals surface area contributed by atoms with Crippen molar-refractivity contribution in [3.05, 3.63) is 35.9 Å². The van der Waals surface area contributed by atoms with Gasteiger partial charge in [0.05, 0.1) is 4.75 Å². The van der Waals surface area contributed by atoms with Gasteiger partial charge in [0.15, 0.2) is 0 Å². The van der Waals surface area contributed by atoms with Crippen molar-refractivity contribution in [1.82, 2.24) is 10.2 Å². The van der Waals surface area contributed by atoms with Gasteiger partial charge < -0.3 is 20.1 Å². The fraction of sp³-hybridized carbons (Fsp3) is 0.526. The molecular formula is C19H21Cl3N2O5S2. The van der Waals surface area contributed by atoms with E-state index >= 15 is 0 Å². The van der Waals surface area contributed by atoms with Crippen LogP contribution in [0.5, 0.6) is 0 Å². The molecule has 2 saturated heterocycles. The van der Waals surface area contributed by atoms with Crippen molar-refractivity contribution in [1.29, 1.82) is 0 Å². The van der Waals surface area contributed by atoms with E-state index in [-0.39, 0.29) is 0 Å². The summed E-state index contributed by atoms with van der Waals surface area (Å²) in [7, 11) is 0. The number of benzene rings is 1. The number of hydrogen-bond acceptors (Lipinski definition) is 6. The molecule has 7 nitrogen and oxygen atoms in total. The van der Waals surface area contributed by atoms with E-state index in [4.69, 9.17) is 39.5 Å². The third-order valence-corrected chi connectivity index (χ3v) is 9.05. The Morgan fingerprint density at radius 1 is 1.32 bits per heavy atom. The predicted molar refractivity (Wildman–Crippen MR) is 124 cm³/mol. The molecular weight excluding hydrogens is 507 g/mol. The summed E-state index contributed by atoms with van der Waals surface area (Å²) in [5.41, 5.74) is 1.08. The Balaban J connectivity index is 1.79. The fourth-order valence-corrected chi connectivity index (χ4v) is 7.48.